The van der Waals surface area contributed by atoms with Crippen molar-refractivity contribution in [2.45, 2.75) is 13.8 Å². The Kier molecular flexibility index (Phi) is 6.33. The van der Waals surface area contributed by atoms with Gasteiger partial charge in [0.05, 0.1) is 47.2 Å². The highest BCUT2D eigenvalue weighted by molar-refractivity contribution is 6.32. The summed E-state index contributed by atoms with van der Waals surface area (Å²) in [4.78, 5) is 24.1. The van der Waals surface area contributed by atoms with Crippen molar-refractivity contribution in [1.29, 1.82) is 0 Å². The molecule has 2 aliphatic heterocycles. The zero-order chi connectivity index (χ0) is 24.4. The average Bonchev–Trinajstić information content (AvgIpc) is 3.20. The van der Waals surface area contributed by atoms with E-state index in [1.807, 2.05) is 26.0 Å². The van der Waals surface area contributed by atoms with Crippen molar-refractivity contribution in [3.8, 4) is 17.0 Å². The molecule has 8 nitrogen and oxygen atoms in total. The number of nitrogens with one attached hydrogen (secondary N) is 3. The number of allylic oxidation sites excluding steroid dienone is 1. The van der Waals surface area contributed by atoms with Crippen molar-refractivity contribution < 1.29 is 13.9 Å². The van der Waals surface area contributed by atoms with E-state index in [9.17, 15) is 9.18 Å². The maximum absolute atomic E-state index is 14.8. The van der Waals surface area contributed by atoms with Gasteiger partial charge in [-0.05, 0) is 44.2 Å². The summed E-state index contributed by atoms with van der Waals surface area (Å²) in [6.45, 7) is 7.80. The number of fused-ring (bicyclic) bond motifs is 1. The Balaban J connectivity index is 1.45. The lowest BCUT2D eigenvalue weighted by Gasteiger charge is -2.28. The van der Waals surface area contributed by atoms with Crippen LogP contribution in [0, 0.1) is 5.82 Å². The molecule has 4 heterocycles. The molecule has 0 aliphatic carbocycles. The number of hydrogen-bond donors (Lipinski definition) is 3. The number of benzene rings is 1. The molecule has 1 aromatic carbocycles. The van der Waals surface area contributed by atoms with Gasteiger partial charge in [-0.3, -0.25) is 9.78 Å². The Labute approximate surface area is 203 Å². The number of ether oxygens (including phenoxy) is 1. The molecule has 2 aromatic heterocycles. The van der Waals surface area contributed by atoms with Crippen molar-refractivity contribution >= 4 is 28.7 Å². The van der Waals surface area contributed by atoms with E-state index < -0.39 is 5.82 Å². The molecule has 1 amide bonds. The standard InChI is InChI=1S/C26H27FN6O2/c1-3-35-22-6-4-5-19(27)25(22)20-13-18-21(15-29-20)32-26(34)24(18)16(2)31-17-7-8-23(30-14-17)33-11-9-28-10-12-33/h4-8,13-15,28,31H,3,9-12H2,1-2H3,(H,32,34)/b24-16-. The number of amides is 1. The molecular formula is C26H27FN6O2. The van der Waals surface area contributed by atoms with Gasteiger partial charge in [-0.25, -0.2) is 9.37 Å². The maximum Gasteiger partial charge on any atom is 0.258 e. The predicted molar refractivity (Wildman–Crippen MR) is 135 cm³/mol. The van der Waals surface area contributed by atoms with Crippen LogP contribution in [0.2, 0.25) is 0 Å². The molecule has 35 heavy (non-hydrogen) atoms. The van der Waals surface area contributed by atoms with Crippen LogP contribution in [0.25, 0.3) is 16.8 Å². The van der Waals surface area contributed by atoms with E-state index >= 15 is 0 Å². The molecule has 0 saturated carbocycles. The molecule has 0 spiro atoms. The number of pyridine rings is 2. The minimum Gasteiger partial charge on any atom is -0.493 e. The molecule has 9 heteroatoms. The molecule has 1 saturated heterocycles. The summed E-state index contributed by atoms with van der Waals surface area (Å²) in [7, 11) is 0. The molecule has 0 unspecified atom stereocenters. The number of aromatic nitrogens is 2. The van der Waals surface area contributed by atoms with Crippen LogP contribution in [-0.4, -0.2) is 48.7 Å². The third-order valence-electron chi connectivity index (χ3n) is 6.08. The van der Waals surface area contributed by atoms with E-state index in [4.69, 9.17) is 4.74 Å². The van der Waals surface area contributed by atoms with Gasteiger partial charge >= 0.3 is 0 Å². The number of carbonyl (C=O) groups excluding carboxylic acids is 1. The Morgan fingerprint density at radius 2 is 2.00 bits per heavy atom. The zero-order valence-corrected chi connectivity index (χ0v) is 19.7. The molecular weight excluding hydrogens is 447 g/mol. The lowest BCUT2D eigenvalue weighted by Crippen LogP contribution is -2.43. The summed E-state index contributed by atoms with van der Waals surface area (Å²) in [6, 6.07) is 10.3. The summed E-state index contributed by atoms with van der Waals surface area (Å²) in [5.74, 6) is 0.662. The summed E-state index contributed by atoms with van der Waals surface area (Å²) in [5, 5.41) is 9.47. The molecule has 3 N–H and O–H groups in total. The fourth-order valence-corrected chi connectivity index (χ4v) is 4.43. The second-order valence-electron chi connectivity index (χ2n) is 8.38. The summed E-state index contributed by atoms with van der Waals surface area (Å²) >= 11 is 0. The third-order valence-corrected chi connectivity index (χ3v) is 6.08. The molecule has 1 fully saturated rings. The average molecular weight is 475 g/mol. The van der Waals surface area contributed by atoms with E-state index in [1.165, 1.54) is 6.07 Å². The number of halogens is 1. The smallest absolute Gasteiger partial charge is 0.258 e. The molecule has 0 radical (unpaired) electrons. The number of nitrogens with zero attached hydrogens (tertiary/aromatic N) is 3. The molecule has 0 bridgehead atoms. The van der Waals surface area contributed by atoms with E-state index in [1.54, 1.807) is 30.6 Å². The predicted octanol–water partition coefficient (Wildman–Crippen LogP) is 3.89. The van der Waals surface area contributed by atoms with Gasteiger partial charge in [0.2, 0.25) is 0 Å². The third kappa shape index (κ3) is 4.54. The van der Waals surface area contributed by atoms with Crippen LogP contribution in [0.15, 0.2) is 54.5 Å². The lowest BCUT2D eigenvalue weighted by molar-refractivity contribution is -0.110. The summed E-state index contributed by atoms with van der Waals surface area (Å²) in [5.41, 5.74) is 3.82. The van der Waals surface area contributed by atoms with Gasteiger partial charge in [0.15, 0.2) is 0 Å². The van der Waals surface area contributed by atoms with E-state index in [2.05, 4.69) is 30.8 Å². The summed E-state index contributed by atoms with van der Waals surface area (Å²) in [6.07, 6.45) is 3.32. The van der Waals surface area contributed by atoms with Gasteiger partial charge in [0, 0.05) is 37.4 Å². The maximum atomic E-state index is 14.8. The van der Waals surface area contributed by atoms with Gasteiger partial charge < -0.3 is 25.6 Å². The Hall–Kier alpha value is -3.98. The topological polar surface area (TPSA) is 91.4 Å². The molecule has 5 rings (SSSR count). The minimum absolute atomic E-state index is 0.243. The van der Waals surface area contributed by atoms with Crippen molar-refractivity contribution in [3.63, 3.8) is 0 Å². The molecule has 180 valence electrons. The Bertz CT molecular complexity index is 1290. The second-order valence-corrected chi connectivity index (χ2v) is 8.38. The van der Waals surface area contributed by atoms with Crippen LogP contribution in [0.1, 0.15) is 19.4 Å². The van der Waals surface area contributed by atoms with Crippen LogP contribution in [0.4, 0.5) is 21.6 Å². The van der Waals surface area contributed by atoms with Crippen LogP contribution in [0.5, 0.6) is 5.75 Å². The number of rotatable bonds is 6. The monoisotopic (exact) mass is 474 g/mol. The highest BCUT2D eigenvalue weighted by atomic mass is 19.1. The zero-order valence-electron chi connectivity index (χ0n) is 19.7. The largest absolute Gasteiger partial charge is 0.493 e. The van der Waals surface area contributed by atoms with Gasteiger partial charge in [-0.2, -0.15) is 0 Å². The van der Waals surface area contributed by atoms with Crippen LogP contribution in [-0.2, 0) is 4.79 Å². The second kappa shape index (κ2) is 9.71. The van der Waals surface area contributed by atoms with Gasteiger partial charge in [0.1, 0.15) is 17.4 Å². The van der Waals surface area contributed by atoms with Crippen molar-refractivity contribution in [1.82, 2.24) is 15.3 Å². The fourth-order valence-electron chi connectivity index (χ4n) is 4.43. The summed E-state index contributed by atoms with van der Waals surface area (Å²) < 4.78 is 20.4. The Morgan fingerprint density at radius 1 is 1.17 bits per heavy atom. The van der Waals surface area contributed by atoms with Crippen molar-refractivity contribution in [2.75, 3.05) is 48.3 Å². The number of hydrogen-bond acceptors (Lipinski definition) is 7. The van der Waals surface area contributed by atoms with Crippen LogP contribution < -0.4 is 25.6 Å². The van der Waals surface area contributed by atoms with E-state index in [-0.39, 0.29) is 11.5 Å². The van der Waals surface area contributed by atoms with E-state index in [0.717, 1.165) is 37.7 Å². The fraction of sp³-hybridized carbons (Fsp3) is 0.269. The molecule has 0 atom stereocenters. The van der Waals surface area contributed by atoms with E-state index in [0.29, 0.717) is 40.6 Å². The SMILES string of the molecule is CCOc1cccc(F)c1-c1cc2c(cn1)NC(=O)/C2=C(/C)Nc1ccc(N2CCNCC2)nc1. The number of carbonyl (C=O) groups is 1. The van der Waals surface area contributed by atoms with Crippen molar-refractivity contribution in [3.05, 3.63) is 65.9 Å². The number of piperazine rings is 1. The van der Waals surface area contributed by atoms with Crippen molar-refractivity contribution in [2.24, 2.45) is 0 Å². The first kappa shape index (κ1) is 22.8. The highest BCUT2D eigenvalue weighted by Crippen LogP contribution is 2.38. The first-order valence-corrected chi connectivity index (χ1v) is 11.7. The number of anilines is 3. The lowest BCUT2D eigenvalue weighted by atomic mass is 10.0. The van der Waals surface area contributed by atoms with Gasteiger partial charge in [-0.15, -0.1) is 0 Å². The van der Waals surface area contributed by atoms with Crippen LogP contribution >= 0.6 is 0 Å². The first-order chi connectivity index (χ1) is 17.0. The minimum atomic E-state index is -0.434. The van der Waals surface area contributed by atoms with Gasteiger partial charge in [0.25, 0.3) is 5.91 Å². The molecule has 3 aromatic rings. The molecule has 2 aliphatic rings. The normalized spacial score (nSPS) is 16.5. The van der Waals surface area contributed by atoms with Crippen LogP contribution in [0.3, 0.4) is 0 Å². The van der Waals surface area contributed by atoms with Gasteiger partial charge in [-0.1, -0.05) is 6.07 Å². The first-order valence-electron chi connectivity index (χ1n) is 11.7. The highest BCUT2D eigenvalue weighted by Gasteiger charge is 2.28. The quantitative estimate of drug-likeness (QED) is 0.467. The Morgan fingerprint density at radius 3 is 2.74 bits per heavy atom.